The van der Waals surface area contributed by atoms with Gasteiger partial charge in [0, 0.05) is 23.0 Å². The topological polar surface area (TPSA) is 92.9 Å². The number of amides is 1. The fraction of sp³-hybridized carbons (Fsp3) is 0.250. The van der Waals surface area contributed by atoms with Crippen LogP contribution in [0.25, 0.3) is 0 Å². The summed E-state index contributed by atoms with van der Waals surface area (Å²) in [5.74, 6) is 5.17. The molecule has 19 heavy (non-hydrogen) atoms. The molecule has 0 spiro atoms. The van der Waals surface area contributed by atoms with Crippen molar-refractivity contribution >= 4 is 22.9 Å². The molecule has 0 unspecified atom stereocenters. The molecule has 100 valence electrons. The standard InChI is InChI=1S/C12H15N5OS/c1-7-3-10(17-13)9(5-14-7)12(18)16-6-11-15-4-8(2)19-11/h3-5H,6,13H2,1-2H3,(H,14,17)(H,16,18). The largest absolute Gasteiger partial charge is 0.345 e. The average Bonchev–Trinajstić information content (AvgIpc) is 2.81. The lowest BCUT2D eigenvalue weighted by Crippen LogP contribution is -2.25. The van der Waals surface area contributed by atoms with Crippen molar-refractivity contribution in [3.63, 3.8) is 0 Å². The Bertz CT molecular complexity index is 596. The van der Waals surface area contributed by atoms with Gasteiger partial charge in [-0.25, -0.2) is 4.98 Å². The molecule has 1 amide bonds. The number of nitrogen functional groups attached to an aromatic ring is 1. The zero-order chi connectivity index (χ0) is 13.8. The SMILES string of the molecule is Cc1cc(NN)c(C(=O)NCc2ncc(C)s2)cn1. The van der Waals surface area contributed by atoms with E-state index in [0.29, 0.717) is 17.8 Å². The van der Waals surface area contributed by atoms with Crippen LogP contribution in [0.4, 0.5) is 5.69 Å². The van der Waals surface area contributed by atoms with E-state index in [1.807, 2.05) is 13.8 Å². The van der Waals surface area contributed by atoms with Gasteiger partial charge in [-0.1, -0.05) is 0 Å². The van der Waals surface area contributed by atoms with E-state index in [0.717, 1.165) is 15.6 Å². The van der Waals surface area contributed by atoms with Crippen LogP contribution in [-0.2, 0) is 6.54 Å². The maximum atomic E-state index is 12.0. The number of hydrogen-bond acceptors (Lipinski definition) is 6. The predicted octanol–water partition coefficient (Wildman–Crippen LogP) is 1.37. The summed E-state index contributed by atoms with van der Waals surface area (Å²) in [6.45, 7) is 4.21. The first-order chi connectivity index (χ1) is 9.10. The van der Waals surface area contributed by atoms with Crippen molar-refractivity contribution in [3.05, 3.63) is 39.6 Å². The summed E-state index contributed by atoms with van der Waals surface area (Å²) in [5, 5.41) is 3.66. The Hall–Kier alpha value is -1.99. The maximum Gasteiger partial charge on any atom is 0.255 e. The van der Waals surface area contributed by atoms with E-state index >= 15 is 0 Å². The lowest BCUT2D eigenvalue weighted by molar-refractivity contribution is 0.0951. The van der Waals surface area contributed by atoms with Crippen LogP contribution in [0.5, 0.6) is 0 Å². The second kappa shape index (κ2) is 5.77. The van der Waals surface area contributed by atoms with E-state index in [4.69, 9.17) is 5.84 Å². The van der Waals surface area contributed by atoms with Crippen LogP contribution < -0.4 is 16.6 Å². The third kappa shape index (κ3) is 3.27. The molecule has 0 fully saturated rings. The molecule has 0 saturated heterocycles. The van der Waals surface area contributed by atoms with Crippen molar-refractivity contribution in [2.24, 2.45) is 5.84 Å². The number of aromatic nitrogens is 2. The number of carbonyl (C=O) groups excluding carboxylic acids is 1. The fourth-order valence-corrected chi connectivity index (χ4v) is 2.32. The van der Waals surface area contributed by atoms with Crippen LogP contribution in [0.3, 0.4) is 0 Å². The Labute approximate surface area is 115 Å². The minimum atomic E-state index is -0.228. The predicted molar refractivity (Wildman–Crippen MR) is 74.8 cm³/mol. The smallest absolute Gasteiger partial charge is 0.255 e. The molecule has 4 N–H and O–H groups in total. The van der Waals surface area contributed by atoms with Crippen LogP contribution in [0.1, 0.15) is 25.9 Å². The third-order valence-corrected chi connectivity index (χ3v) is 3.42. The Balaban J connectivity index is 2.07. The molecule has 0 saturated carbocycles. The number of thiazole rings is 1. The van der Waals surface area contributed by atoms with Crippen molar-refractivity contribution in [2.45, 2.75) is 20.4 Å². The first-order valence-electron chi connectivity index (χ1n) is 5.73. The molecule has 0 bridgehead atoms. The first kappa shape index (κ1) is 13.4. The van der Waals surface area contributed by atoms with Crippen LogP contribution >= 0.6 is 11.3 Å². The van der Waals surface area contributed by atoms with Gasteiger partial charge in [0.2, 0.25) is 0 Å². The molecule has 0 aromatic carbocycles. The summed E-state index contributed by atoms with van der Waals surface area (Å²) < 4.78 is 0. The number of hydrazine groups is 1. The Kier molecular flexibility index (Phi) is 4.08. The van der Waals surface area contributed by atoms with Gasteiger partial charge in [-0.3, -0.25) is 15.6 Å². The number of aryl methyl sites for hydroxylation is 2. The Morgan fingerprint density at radius 3 is 2.79 bits per heavy atom. The normalized spacial score (nSPS) is 10.3. The van der Waals surface area contributed by atoms with Crippen molar-refractivity contribution in [1.29, 1.82) is 0 Å². The van der Waals surface area contributed by atoms with Gasteiger partial charge in [-0.05, 0) is 19.9 Å². The van der Waals surface area contributed by atoms with Gasteiger partial charge in [0.05, 0.1) is 17.8 Å². The minimum Gasteiger partial charge on any atom is -0.345 e. The fourth-order valence-electron chi connectivity index (χ4n) is 1.59. The van der Waals surface area contributed by atoms with Gasteiger partial charge in [0.25, 0.3) is 5.91 Å². The first-order valence-corrected chi connectivity index (χ1v) is 6.54. The van der Waals surface area contributed by atoms with Gasteiger partial charge in [0.15, 0.2) is 0 Å². The van der Waals surface area contributed by atoms with Crippen molar-refractivity contribution in [3.8, 4) is 0 Å². The molecular formula is C12H15N5OS. The Morgan fingerprint density at radius 2 is 2.16 bits per heavy atom. The molecule has 2 rings (SSSR count). The lowest BCUT2D eigenvalue weighted by Gasteiger charge is -2.09. The van der Waals surface area contributed by atoms with Crippen LogP contribution in [0.2, 0.25) is 0 Å². The van der Waals surface area contributed by atoms with Crippen LogP contribution in [-0.4, -0.2) is 15.9 Å². The van der Waals surface area contributed by atoms with E-state index in [9.17, 15) is 4.79 Å². The summed E-state index contributed by atoms with van der Waals surface area (Å²) in [6, 6.07) is 1.72. The van der Waals surface area contributed by atoms with Crippen LogP contribution in [0.15, 0.2) is 18.5 Å². The monoisotopic (exact) mass is 277 g/mol. The van der Waals surface area contributed by atoms with Crippen molar-refractivity contribution < 1.29 is 4.79 Å². The van der Waals surface area contributed by atoms with Gasteiger partial charge in [-0.2, -0.15) is 0 Å². The summed E-state index contributed by atoms with van der Waals surface area (Å²) in [4.78, 5) is 21.4. The van der Waals surface area contributed by atoms with Gasteiger partial charge in [-0.15, -0.1) is 11.3 Å². The van der Waals surface area contributed by atoms with Gasteiger partial charge in [0.1, 0.15) is 5.01 Å². The van der Waals surface area contributed by atoms with Gasteiger partial charge >= 0.3 is 0 Å². The number of rotatable bonds is 4. The number of hydrogen-bond donors (Lipinski definition) is 3. The molecule has 6 nitrogen and oxygen atoms in total. The maximum absolute atomic E-state index is 12.0. The Morgan fingerprint density at radius 1 is 1.37 bits per heavy atom. The van der Waals surface area contributed by atoms with Crippen LogP contribution in [0, 0.1) is 13.8 Å². The van der Waals surface area contributed by atoms with Crippen molar-refractivity contribution in [2.75, 3.05) is 5.43 Å². The zero-order valence-corrected chi connectivity index (χ0v) is 11.5. The molecule has 2 aromatic heterocycles. The summed E-state index contributed by atoms with van der Waals surface area (Å²) >= 11 is 1.56. The van der Waals surface area contributed by atoms with Crippen molar-refractivity contribution in [1.82, 2.24) is 15.3 Å². The van der Waals surface area contributed by atoms with E-state index in [2.05, 4.69) is 20.7 Å². The molecule has 0 atom stereocenters. The molecular weight excluding hydrogens is 262 g/mol. The zero-order valence-electron chi connectivity index (χ0n) is 10.7. The van der Waals surface area contributed by atoms with Gasteiger partial charge < -0.3 is 10.7 Å². The number of pyridine rings is 1. The van der Waals surface area contributed by atoms with E-state index in [-0.39, 0.29) is 5.91 Å². The van der Waals surface area contributed by atoms with E-state index < -0.39 is 0 Å². The highest BCUT2D eigenvalue weighted by Crippen LogP contribution is 2.15. The van der Waals surface area contributed by atoms with E-state index in [1.54, 1.807) is 23.6 Å². The number of nitrogens with zero attached hydrogens (tertiary/aromatic N) is 2. The molecule has 0 aliphatic carbocycles. The molecule has 2 aromatic rings. The lowest BCUT2D eigenvalue weighted by atomic mass is 10.2. The van der Waals surface area contributed by atoms with E-state index in [1.165, 1.54) is 6.20 Å². The molecule has 2 heterocycles. The molecule has 0 radical (unpaired) electrons. The number of carbonyl (C=O) groups is 1. The summed E-state index contributed by atoms with van der Waals surface area (Å²) in [6.07, 6.45) is 3.29. The summed E-state index contributed by atoms with van der Waals surface area (Å²) in [7, 11) is 0. The average molecular weight is 277 g/mol. The summed E-state index contributed by atoms with van der Waals surface area (Å²) in [5.41, 5.74) is 4.27. The highest BCUT2D eigenvalue weighted by Gasteiger charge is 2.12. The highest BCUT2D eigenvalue weighted by atomic mass is 32.1. The quantitative estimate of drug-likeness (QED) is 0.580. The number of anilines is 1. The second-order valence-corrected chi connectivity index (χ2v) is 5.38. The second-order valence-electron chi connectivity index (χ2n) is 4.06. The molecule has 0 aliphatic rings. The number of nitrogens with two attached hydrogens (primary N) is 1. The molecule has 7 heteroatoms. The highest BCUT2D eigenvalue weighted by molar-refractivity contribution is 7.11. The molecule has 0 aliphatic heterocycles. The minimum absolute atomic E-state index is 0.228. The third-order valence-electron chi connectivity index (χ3n) is 2.51. The number of nitrogens with one attached hydrogen (secondary N) is 2.